The van der Waals surface area contributed by atoms with E-state index in [0.717, 1.165) is 11.3 Å². The van der Waals surface area contributed by atoms with E-state index >= 15 is 0 Å². The molecule has 0 aliphatic heterocycles. The molecular formula is C22H20N2O5. The summed E-state index contributed by atoms with van der Waals surface area (Å²) in [7, 11) is 0. The Morgan fingerprint density at radius 2 is 1.59 bits per heavy atom. The van der Waals surface area contributed by atoms with Crippen LogP contribution in [-0.2, 0) is 9.53 Å². The molecule has 1 amide bonds. The normalized spacial score (nSPS) is 10.3. The molecule has 0 bridgehead atoms. The third-order valence-electron chi connectivity index (χ3n) is 4.04. The first-order valence-electron chi connectivity index (χ1n) is 8.91. The maximum Gasteiger partial charge on any atom is 0.355 e. The second-order valence-electron chi connectivity index (χ2n) is 6.42. The molecule has 7 nitrogen and oxygen atoms in total. The van der Waals surface area contributed by atoms with Crippen LogP contribution in [0.15, 0.2) is 60.8 Å². The minimum absolute atomic E-state index is 0.112. The average molecular weight is 392 g/mol. The molecule has 0 aliphatic rings. The van der Waals surface area contributed by atoms with Crippen LogP contribution in [0.25, 0.3) is 0 Å². The molecule has 2 N–H and O–H groups in total. The number of aromatic nitrogens is 1. The first kappa shape index (κ1) is 19.9. The third-order valence-corrected chi connectivity index (χ3v) is 4.04. The summed E-state index contributed by atoms with van der Waals surface area (Å²) in [5, 5.41) is 2.63. The van der Waals surface area contributed by atoms with Gasteiger partial charge in [0.1, 0.15) is 17.2 Å². The molecule has 0 atom stereocenters. The van der Waals surface area contributed by atoms with Crippen molar-refractivity contribution in [1.82, 2.24) is 4.98 Å². The molecule has 2 aromatic carbocycles. The highest BCUT2D eigenvalue weighted by molar-refractivity contribution is 5.98. The van der Waals surface area contributed by atoms with E-state index in [9.17, 15) is 14.4 Å². The Balaban J connectivity index is 1.49. The van der Waals surface area contributed by atoms with Gasteiger partial charge in [0.25, 0.3) is 5.91 Å². The highest BCUT2D eigenvalue weighted by atomic mass is 16.5. The van der Waals surface area contributed by atoms with Crippen LogP contribution >= 0.6 is 0 Å². The molecule has 3 rings (SSSR count). The number of ether oxygens (including phenoxy) is 2. The van der Waals surface area contributed by atoms with E-state index in [1.807, 2.05) is 31.2 Å². The largest absolute Gasteiger partial charge is 0.457 e. The van der Waals surface area contributed by atoms with Crippen LogP contribution in [0.5, 0.6) is 11.5 Å². The van der Waals surface area contributed by atoms with E-state index in [2.05, 4.69) is 10.3 Å². The summed E-state index contributed by atoms with van der Waals surface area (Å²) in [4.78, 5) is 37.8. The summed E-state index contributed by atoms with van der Waals surface area (Å²) in [6.07, 6.45) is 1.42. The number of hydrogen-bond acceptors (Lipinski definition) is 5. The SMILES string of the molecule is CC(=O)c1c[nH]c(C(=O)OCC(=O)Nc2ccc(Oc3ccc(C)cc3)cc2)c1. The molecule has 1 aromatic heterocycles. The second kappa shape index (κ2) is 8.88. The zero-order chi connectivity index (χ0) is 20.8. The van der Waals surface area contributed by atoms with Crippen LogP contribution in [0.2, 0.25) is 0 Å². The van der Waals surface area contributed by atoms with Crippen LogP contribution < -0.4 is 10.1 Å². The van der Waals surface area contributed by atoms with Crippen molar-refractivity contribution in [3.05, 3.63) is 77.6 Å². The van der Waals surface area contributed by atoms with Crippen LogP contribution in [0.4, 0.5) is 5.69 Å². The van der Waals surface area contributed by atoms with E-state index in [1.165, 1.54) is 19.2 Å². The Hall–Kier alpha value is -3.87. The van der Waals surface area contributed by atoms with Gasteiger partial charge in [0.2, 0.25) is 0 Å². The third kappa shape index (κ3) is 5.55. The Kier molecular flexibility index (Phi) is 6.09. The lowest BCUT2D eigenvalue weighted by molar-refractivity contribution is -0.119. The van der Waals surface area contributed by atoms with E-state index < -0.39 is 18.5 Å². The Morgan fingerprint density at radius 3 is 2.17 bits per heavy atom. The van der Waals surface area contributed by atoms with Crippen LogP contribution in [0.1, 0.15) is 33.3 Å². The van der Waals surface area contributed by atoms with Gasteiger partial charge in [-0.3, -0.25) is 9.59 Å². The van der Waals surface area contributed by atoms with Crippen molar-refractivity contribution < 1.29 is 23.9 Å². The first-order valence-corrected chi connectivity index (χ1v) is 8.91. The van der Waals surface area contributed by atoms with E-state index in [1.54, 1.807) is 24.3 Å². The molecule has 7 heteroatoms. The number of aryl methyl sites for hydroxylation is 1. The maximum absolute atomic E-state index is 12.0. The number of aromatic amines is 1. The smallest absolute Gasteiger partial charge is 0.355 e. The van der Waals surface area contributed by atoms with Crippen LogP contribution in [0.3, 0.4) is 0 Å². The van der Waals surface area contributed by atoms with Gasteiger partial charge < -0.3 is 19.8 Å². The van der Waals surface area contributed by atoms with Gasteiger partial charge in [-0.25, -0.2) is 4.79 Å². The Labute approximate surface area is 167 Å². The molecule has 0 fully saturated rings. The number of carbonyl (C=O) groups excluding carboxylic acids is 3. The minimum atomic E-state index is -0.713. The number of H-pyrrole nitrogens is 1. The minimum Gasteiger partial charge on any atom is -0.457 e. The molecule has 29 heavy (non-hydrogen) atoms. The average Bonchev–Trinajstić information content (AvgIpc) is 3.20. The number of benzene rings is 2. The molecule has 0 saturated carbocycles. The van der Waals surface area contributed by atoms with E-state index in [0.29, 0.717) is 17.0 Å². The number of anilines is 1. The number of nitrogens with one attached hydrogen (secondary N) is 2. The summed E-state index contributed by atoms with van der Waals surface area (Å²) >= 11 is 0. The van der Waals surface area contributed by atoms with Gasteiger partial charge in [0.05, 0.1) is 0 Å². The lowest BCUT2D eigenvalue weighted by atomic mass is 10.2. The van der Waals surface area contributed by atoms with Crippen molar-refractivity contribution in [3.63, 3.8) is 0 Å². The summed E-state index contributed by atoms with van der Waals surface area (Å²) in [5.41, 5.74) is 2.17. The molecule has 0 spiro atoms. The topological polar surface area (TPSA) is 97.5 Å². The second-order valence-corrected chi connectivity index (χ2v) is 6.42. The molecule has 0 radical (unpaired) electrons. The lowest BCUT2D eigenvalue weighted by Crippen LogP contribution is -2.21. The maximum atomic E-state index is 12.0. The van der Waals surface area contributed by atoms with Gasteiger partial charge in [-0.1, -0.05) is 17.7 Å². The number of carbonyl (C=O) groups is 3. The highest BCUT2D eigenvalue weighted by Crippen LogP contribution is 2.23. The van der Waals surface area contributed by atoms with Crippen molar-refractivity contribution in [3.8, 4) is 11.5 Å². The summed E-state index contributed by atoms with van der Waals surface area (Å²) in [6, 6.07) is 15.9. The fourth-order valence-corrected chi connectivity index (χ4v) is 2.47. The van der Waals surface area contributed by atoms with Crippen molar-refractivity contribution in [1.29, 1.82) is 0 Å². The Bertz CT molecular complexity index is 1020. The van der Waals surface area contributed by atoms with Crippen molar-refractivity contribution >= 4 is 23.3 Å². The van der Waals surface area contributed by atoms with Crippen LogP contribution in [0, 0.1) is 6.92 Å². The molecular weight excluding hydrogens is 372 g/mol. The number of rotatable bonds is 7. The zero-order valence-corrected chi connectivity index (χ0v) is 16.0. The predicted molar refractivity (Wildman–Crippen MR) is 107 cm³/mol. The van der Waals surface area contributed by atoms with E-state index in [4.69, 9.17) is 9.47 Å². The van der Waals surface area contributed by atoms with Gasteiger partial charge in [-0.15, -0.1) is 0 Å². The van der Waals surface area contributed by atoms with Crippen molar-refractivity contribution in [2.24, 2.45) is 0 Å². The van der Waals surface area contributed by atoms with E-state index in [-0.39, 0.29) is 11.5 Å². The van der Waals surface area contributed by atoms with Gasteiger partial charge in [-0.05, 0) is 56.3 Å². The molecule has 3 aromatic rings. The molecule has 148 valence electrons. The number of amides is 1. The standard InChI is InChI=1S/C22H20N2O5/c1-14-3-7-18(8-4-14)29-19-9-5-17(6-10-19)24-21(26)13-28-22(27)20-11-16(12-23-20)15(2)25/h3-12,23H,13H2,1-2H3,(H,24,26). The predicted octanol–water partition coefficient (Wildman–Crippen LogP) is 4.11. The van der Waals surface area contributed by atoms with Gasteiger partial charge in [-0.2, -0.15) is 0 Å². The quantitative estimate of drug-likeness (QED) is 0.466. The zero-order valence-electron chi connectivity index (χ0n) is 16.0. The highest BCUT2D eigenvalue weighted by Gasteiger charge is 2.14. The summed E-state index contributed by atoms with van der Waals surface area (Å²) in [6.45, 7) is 2.94. The summed E-state index contributed by atoms with van der Waals surface area (Å²) < 4.78 is 10.7. The van der Waals surface area contributed by atoms with Crippen molar-refractivity contribution in [2.45, 2.75) is 13.8 Å². The van der Waals surface area contributed by atoms with Gasteiger partial charge in [0, 0.05) is 17.4 Å². The number of esters is 1. The van der Waals surface area contributed by atoms with Gasteiger partial charge in [0.15, 0.2) is 12.4 Å². The number of hydrogen-bond donors (Lipinski definition) is 2. The number of Topliss-reactive ketones (excluding diaryl/α,β-unsaturated/α-hetero) is 1. The molecule has 0 aliphatic carbocycles. The fourth-order valence-electron chi connectivity index (χ4n) is 2.47. The Morgan fingerprint density at radius 1 is 0.966 bits per heavy atom. The number of ketones is 1. The van der Waals surface area contributed by atoms with Crippen LogP contribution in [-0.4, -0.2) is 29.3 Å². The molecule has 0 unspecified atom stereocenters. The fraction of sp³-hybridized carbons (Fsp3) is 0.136. The monoisotopic (exact) mass is 392 g/mol. The summed E-state index contributed by atoms with van der Waals surface area (Å²) in [5.74, 6) is -0.0194. The molecule has 0 saturated heterocycles. The first-order chi connectivity index (χ1) is 13.9. The van der Waals surface area contributed by atoms with Gasteiger partial charge >= 0.3 is 5.97 Å². The van der Waals surface area contributed by atoms with Crippen molar-refractivity contribution in [2.75, 3.05) is 11.9 Å². The molecule has 1 heterocycles. The lowest BCUT2D eigenvalue weighted by Gasteiger charge is -2.08.